The molecule has 0 rings (SSSR count). The van der Waals surface area contributed by atoms with E-state index in [1.54, 1.807) is 0 Å². The van der Waals surface area contributed by atoms with E-state index in [1.807, 2.05) is 0 Å². The Morgan fingerprint density at radius 2 is 1.38 bits per heavy atom. The summed E-state index contributed by atoms with van der Waals surface area (Å²) in [6, 6.07) is 0. The number of rotatable bonds is 9. The third-order valence-electron chi connectivity index (χ3n) is 2.33. The van der Waals surface area contributed by atoms with Crippen molar-refractivity contribution >= 4 is 11.6 Å². The molecule has 0 amide bonds. The summed E-state index contributed by atoms with van der Waals surface area (Å²) in [6.45, 7) is 2.25. The maximum atomic E-state index is 5.64. The Bertz CT molecular complexity index is 94.1. The van der Waals surface area contributed by atoms with Crippen LogP contribution in [0.15, 0.2) is 0 Å². The zero-order valence-electron chi connectivity index (χ0n) is 8.90. The fourth-order valence-corrected chi connectivity index (χ4v) is 1.63. The van der Waals surface area contributed by atoms with Crippen LogP contribution in [0.5, 0.6) is 0 Å². The van der Waals surface area contributed by atoms with Crippen LogP contribution < -0.4 is 5.73 Å². The molecule has 0 aliphatic heterocycles. The van der Waals surface area contributed by atoms with Gasteiger partial charge in [-0.15, -0.1) is 11.6 Å². The number of hydrogen-bond donors (Lipinski definition) is 1. The van der Waals surface area contributed by atoms with E-state index in [0.29, 0.717) is 0 Å². The molecule has 0 aromatic carbocycles. The van der Waals surface area contributed by atoms with E-state index in [9.17, 15) is 0 Å². The van der Waals surface area contributed by atoms with Crippen LogP contribution >= 0.6 is 11.6 Å². The minimum atomic E-state index is -0.125. The molecule has 1 nitrogen and oxygen atoms in total. The van der Waals surface area contributed by atoms with Crippen molar-refractivity contribution in [2.24, 2.45) is 5.73 Å². The van der Waals surface area contributed by atoms with Gasteiger partial charge in [0.05, 0.1) is 5.50 Å². The van der Waals surface area contributed by atoms with Gasteiger partial charge in [-0.2, -0.15) is 0 Å². The van der Waals surface area contributed by atoms with Crippen LogP contribution in [0, 0.1) is 0 Å². The van der Waals surface area contributed by atoms with E-state index < -0.39 is 0 Å². The van der Waals surface area contributed by atoms with Gasteiger partial charge in [0.25, 0.3) is 0 Å². The van der Waals surface area contributed by atoms with Gasteiger partial charge in [0.15, 0.2) is 0 Å². The van der Waals surface area contributed by atoms with Gasteiger partial charge in [-0.3, -0.25) is 0 Å². The molecule has 0 aromatic heterocycles. The van der Waals surface area contributed by atoms with Gasteiger partial charge in [0, 0.05) is 0 Å². The average Bonchev–Trinajstić information content (AvgIpc) is 2.09. The summed E-state index contributed by atoms with van der Waals surface area (Å²) in [7, 11) is 0. The monoisotopic (exact) mass is 205 g/mol. The smallest absolute Gasteiger partial charge is 0.0800 e. The Balaban J connectivity index is 2.84. The quantitative estimate of drug-likeness (QED) is 0.343. The second-order valence-electron chi connectivity index (χ2n) is 3.78. The van der Waals surface area contributed by atoms with E-state index >= 15 is 0 Å². The predicted octanol–water partition coefficient (Wildman–Crippen LogP) is 4.04. The number of halogens is 1. The Labute approximate surface area is 88.0 Å². The van der Waals surface area contributed by atoms with Crippen LogP contribution in [0.4, 0.5) is 0 Å². The van der Waals surface area contributed by atoms with Crippen LogP contribution in [0.1, 0.15) is 64.7 Å². The van der Waals surface area contributed by atoms with Gasteiger partial charge in [-0.1, -0.05) is 58.3 Å². The summed E-state index contributed by atoms with van der Waals surface area (Å²) in [6.07, 6.45) is 11.7. The second-order valence-corrected chi connectivity index (χ2v) is 4.34. The van der Waals surface area contributed by atoms with Gasteiger partial charge in [-0.05, 0) is 6.42 Å². The van der Waals surface area contributed by atoms with Gasteiger partial charge >= 0.3 is 0 Å². The zero-order valence-corrected chi connectivity index (χ0v) is 9.65. The van der Waals surface area contributed by atoms with Crippen LogP contribution in [0.2, 0.25) is 0 Å². The van der Waals surface area contributed by atoms with E-state index in [-0.39, 0.29) is 5.50 Å². The number of hydrogen-bond acceptors (Lipinski definition) is 1. The molecular weight excluding hydrogens is 182 g/mol. The maximum absolute atomic E-state index is 5.64. The van der Waals surface area contributed by atoms with Crippen molar-refractivity contribution in [1.82, 2.24) is 0 Å². The fourth-order valence-electron chi connectivity index (χ4n) is 1.47. The van der Waals surface area contributed by atoms with Crippen molar-refractivity contribution in [1.29, 1.82) is 0 Å². The van der Waals surface area contributed by atoms with Crippen molar-refractivity contribution in [2.45, 2.75) is 70.2 Å². The Morgan fingerprint density at radius 1 is 0.923 bits per heavy atom. The Kier molecular flexibility index (Phi) is 10.5. The normalized spacial score (nSPS) is 13.2. The summed E-state index contributed by atoms with van der Waals surface area (Å²) in [5, 5.41) is 0. The topological polar surface area (TPSA) is 26.0 Å². The molecule has 0 spiro atoms. The highest BCUT2D eigenvalue weighted by Crippen LogP contribution is 2.10. The largest absolute Gasteiger partial charge is 0.315 e. The summed E-state index contributed by atoms with van der Waals surface area (Å²) >= 11 is 5.64. The standard InChI is InChI=1S/C11H24ClN/c1-2-3-4-5-6-7-8-9-10-11(12)13/h11H,2-10,13H2,1H3. The zero-order chi connectivity index (χ0) is 9.94. The molecule has 0 bridgehead atoms. The van der Waals surface area contributed by atoms with Crippen LogP contribution in [-0.4, -0.2) is 5.50 Å². The predicted molar refractivity (Wildman–Crippen MR) is 61.1 cm³/mol. The lowest BCUT2D eigenvalue weighted by Crippen LogP contribution is -2.10. The van der Waals surface area contributed by atoms with E-state index in [4.69, 9.17) is 17.3 Å². The van der Waals surface area contributed by atoms with Crippen LogP contribution in [0.3, 0.4) is 0 Å². The number of alkyl halides is 1. The van der Waals surface area contributed by atoms with E-state index in [0.717, 1.165) is 6.42 Å². The second kappa shape index (κ2) is 10.3. The lowest BCUT2D eigenvalue weighted by molar-refractivity contribution is 0.561. The lowest BCUT2D eigenvalue weighted by Gasteiger charge is -2.02. The summed E-state index contributed by atoms with van der Waals surface area (Å²) in [4.78, 5) is 0. The molecule has 0 fully saturated rings. The van der Waals surface area contributed by atoms with E-state index in [1.165, 1.54) is 51.4 Å². The highest BCUT2D eigenvalue weighted by Gasteiger charge is 1.95. The molecule has 0 aliphatic carbocycles. The third kappa shape index (κ3) is 12.2. The number of nitrogens with two attached hydrogens (primary N) is 1. The first kappa shape index (κ1) is 13.2. The van der Waals surface area contributed by atoms with Gasteiger partial charge in [0.1, 0.15) is 0 Å². The van der Waals surface area contributed by atoms with Crippen molar-refractivity contribution in [3.63, 3.8) is 0 Å². The minimum absolute atomic E-state index is 0.125. The number of unbranched alkanes of at least 4 members (excludes halogenated alkanes) is 7. The maximum Gasteiger partial charge on any atom is 0.0800 e. The van der Waals surface area contributed by atoms with Crippen molar-refractivity contribution < 1.29 is 0 Å². The molecule has 0 saturated heterocycles. The molecular formula is C11H24ClN. The summed E-state index contributed by atoms with van der Waals surface area (Å²) in [5.41, 5.74) is 5.31. The summed E-state index contributed by atoms with van der Waals surface area (Å²) in [5.74, 6) is 0. The summed E-state index contributed by atoms with van der Waals surface area (Å²) < 4.78 is 0. The first-order valence-corrected chi connectivity index (χ1v) is 6.10. The SMILES string of the molecule is CCCCCCCCCCC(N)Cl. The van der Waals surface area contributed by atoms with Gasteiger partial charge in [0.2, 0.25) is 0 Å². The van der Waals surface area contributed by atoms with Gasteiger partial charge < -0.3 is 5.73 Å². The van der Waals surface area contributed by atoms with Crippen molar-refractivity contribution in [3.05, 3.63) is 0 Å². The molecule has 0 radical (unpaired) electrons. The Hall–Kier alpha value is 0.250. The molecule has 0 aromatic rings. The molecule has 80 valence electrons. The van der Waals surface area contributed by atoms with Crippen LogP contribution in [0.25, 0.3) is 0 Å². The highest BCUT2D eigenvalue weighted by molar-refractivity contribution is 6.20. The molecule has 13 heavy (non-hydrogen) atoms. The fraction of sp³-hybridized carbons (Fsp3) is 1.00. The molecule has 1 unspecified atom stereocenters. The Morgan fingerprint density at radius 3 is 1.85 bits per heavy atom. The van der Waals surface area contributed by atoms with E-state index in [2.05, 4.69) is 6.92 Å². The van der Waals surface area contributed by atoms with Crippen molar-refractivity contribution in [3.8, 4) is 0 Å². The molecule has 0 heterocycles. The highest BCUT2D eigenvalue weighted by atomic mass is 35.5. The minimum Gasteiger partial charge on any atom is -0.315 e. The molecule has 1 atom stereocenters. The lowest BCUT2D eigenvalue weighted by atomic mass is 10.1. The molecule has 2 heteroatoms. The molecule has 2 N–H and O–H groups in total. The average molecular weight is 206 g/mol. The van der Waals surface area contributed by atoms with Gasteiger partial charge in [-0.25, -0.2) is 0 Å². The first-order chi connectivity index (χ1) is 6.27. The first-order valence-electron chi connectivity index (χ1n) is 5.67. The molecule has 0 saturated carbocycles. The third-order valence-corrected chi connectivity index (χ3v) is 2.55. The molecule has 0 aliphatic rings. The van der Waals surface area contributed by atoms with Crippen LogP contribution in [-0.2, 0) is 0 Å². The van der Waals surface area contributed by atoms with Crippen molar-refractivity contribution in [2.75, 3.05) is 0 Å².